The highest BCUT2D eigenvalue weighted by molar-refractivity contribution is 5.33. The fourth-order valence-electron chi connectivity index (χ4n) is 2.79. The van der Waals surface area contributed by atoms with Gasteiger partial charge in [0.25, 0.3) is 0 Å². The molecule has 1 heterocycles. The number of hydrogen-bond donors (Lipinski definition) is 0. The molecule has 2 rings (SSSR count). The van der Waals surface area contributed by atoms with Crippen molar-refractivity contribution in [3.63, 3.8) is 0 Å². The van der Waals surface area contributed by atoms with Gasteiger partial charge in [0.05, 0.1) is 0 Å². The molecule has 0 spiro atoms. The normalized spacial score (nSPS) is 12.2. The highest BCUT2D eigenvalue weighted by Crippen LogP contribution is 2.36. The zero-order valence-electron chi connectivity index (χ0n) is 13.4. The number of nitrogens with zero attached hydrogens (tertiary/aromatic N) is 3. The van der Waals surface area contributed by atoms with E-state index in [4.69, 9.17) is 4.74 Å². The fraction of sp³-hybridized carbons (Fsp3) is 0.471. The third kappa shape index (κ3) is 4.52. The van der Waals surface area contributed by atoms with Crippen LogP contribution in [0.25, 0.3) is 0 Å². The highest BCUT2D eigenvalue weighted by Gasteiger charge is 2.27. The summed E-state index contributed by atoms with van der Waals surface area (Å²) in [6, 6.07) is 8.46. The van der Waals surface area contributed by atoms with Crippen LogP contribution in [-0.4, -0.2) is 15.0 Å². The molecule has 0 unspecified atom stereocenters. The van der Waals surface area contributed by atoms with Crippen LogP contribution in [-0.2, 0) is 5.41 Å². The first kappa shape index (κ1) is 15.4. The van der Waals surface area contributed by atoms with E-state index in [1.165, 1.54) is 18.2 Å². The molecule has 21 heavy (non-hydrogen) atoms. The van der Waals surface area contributed by atoms with Gasteiger partial charge < -0.3 is 4.74 Å². The van der Waals surface area contributed by atoms with E-state index in [0.29, 0.717) is 11.4 Å². The van der Waals surface area contributed by atoms with Crippen molar-refractivity contribution in [2.45, 2.75) is 46.5 Å². The topological polar surface area (TPSA) is 47.9 Å². The number of hydrogen-bond acceptors (Lipinski definition) is 4. The predicted molar refractivity (Wildman–Crippen MR) is 83.4 cm³/mol. The summed E-state index contributed by atoms with van der Waals surface area (Å²) in [7, 11) is 0. The van der Waals surface area contributed by atoms with E-state index in [9.17, 15) is 0 Å². The molecule has 0 fully saturated rings. The summed E-state index contributed by atoms with van der Waals surface area (Å²) < 4.78 is 5.58. The van der Waals surface area contributed by atoms with Crippen molar-refractivity contribution in [1.29, 1.82) is 0 Å². The van der Waals surface area contributed by atoms with Crippen LogP contribution in [0.4, 0.5) is 0 Å². The molecule has 0 aliphatic carbocycles. The zero-order valence-corrected chi connectivity index (χ0v) is 13.4. The highest BCUT2D eigenvalue weighted by atomic mass is 16.5. The zero-order chi connectivity index (χ0) is 15.5. The van der Waals surface area contributed by atoms with E-state index in [1.54, 1.807) is 0 Å². The minimum Gasteiger partial charge on any atom is -0.424 e. The average Bonchev–Trinajstić information content (AvgIpc) is 2.38. The summed E-state index contributed by atoms with van der Waals surface area (Å²) in [6.07, 6.45) is 3.96. The van der Waals surface area contributed by atoms with Gasteiger partial charge in [0.2, 0.25) is 0 Å². The largest absolute Gasteiger partial charge is 0.424 e. The summed E-state index contributed by atoms with van der Waals surface area (Å²) in [5, 5.41) is 0. The second-order valence-electron chi connectivity index (χ2n) is 7.17. The van der Waals surface area contributed by atoms with Crippen molar-refractivity contribution < 1.29 is 4.74 Å². The molecule has 112 valence electrons. The first-order valence-electron chi connectivity index (χ1n) is 7.17. The van der Waals surface area contributed by atoms with Crippen LogP contribution in [0.3, 0.4) is 0 Å². The van der Waals surface area contributed by atoms with E-state index < -0.39 is 0 Å². The van der Waals surface area contributed by atoms with Gasteiger partial charge in [-0.1, -0.05) is 46.8 Å². The molecule has 0 aliphatic rings. The maximum absolute atomic E-state index is 5.58. The van der Waals surface area contributed by atoms with E-state index in [0.717, 1.165) is 12.2 Å². The SMILES string of the molecule is CC(C)(C)CC(C)(C)c1ccc(Oc2ncncn2)cc1. The van der Waals surface area contributed by atoms with Crippen molar-refractivity contribution in [3.05, 3.63) is 42.5 Å². The Morgan fingerprint density at radius 2 is 1.48 bits per heavy atom. The van der Waals surface area contributed by atoms with Crippen LogP contribution < -0.4 is 4.74 Å². The summed E-state index contributed by atoms with van der Waals surface area (Å²) in [4.78, 5) is 11.7. The molecule has 0 radical (unpaired) electrons. The second kappa shape index (κ2) is 5.80. The molecule has 1 aromatic heterocycles. The van der Waals surface area contributed by atoms with Gasteiger partial charge in [-0.25, -0.2) is 4.98 Å². The Kier molecular flexibility index (Phi) is 4.26. The monoisotopic (exact) mass is 285 g/mol. The summed E-state index contributed by atoms with van der Waals surface area (Å²) in [5.41, 5.74) is 1.73. The predicted octanol–water partition coefficient (Wildman–Crippen LogP) is 4.38. The minimum absolute atomic E-state index is 0.129. The molecule has 0 aliphatic heterocycles. The first-order chi connectivity index (χ1) is 9.76. The van der Waals surface area contributed by atoms with Gasteiger partial charge in [-0.3, -0.25) is 0 Å². The van der Waals surface area contributed by atoms with E-state index in [-0.39, 0.29) is 5.41 Å². The van der Waals surface area contributed by atoms with Crippen LogP contribution in [0, 0.1) is 5.41 Å². The maximum atomic E-state index is 5.58. The first-order valence-corrected chi connectivity index (χ1v) is 7.17. The van der Waals surface area contributed by atoms with Crippen LogP contribution >= 0.6 is 0 Å². The molecule has 0 saturated heterocycles. The third-order valence-electron chi connectivity index (χ3n) is 3.29. The van der Waals surface area contributed by atoms with E-state index in [2.05, 4.69) is 61.7 Å². The number of ether oxygens (including phenoxy) is 1. The van der Waals surface area contributed by atoms with Gasteiger partial charge in [0.1, 0.15) is 18.4 Å². The van der Waals surface area contributed by atoms with Crippen LogP contribution in [0.15, 0.2) is 36.9 Å². The van der Waals surface area contributed by atoms with Gasteiger partial charge in [-0.05, 0) is 34.9 Å². The standard InChI is InChI=1S/C17H23N3O/c1-16(2,3)10-17(4,5)13-6-8-14(9-7-13)21-15-19-11-18-12-20-15/h6-9,11-12H,10H2,1-5H3. The van der Waals surface area contributed by atoms with E-state index in [1.807, 2.05) is 12.1 Å². The lowest BCUT2D eigenvalue weighted by Gasteiger charge is -2.33. The summed E-state index contributed by atoms with van der Waals surface area (Å²) in [5.74, 6) is 0.733. The lowest BCUT2D eigenvalue weighted by Crippen LogP contribution is -2.24. The van der Waals surface area contributed by atoms with Gasteiger partial charge in [-0.15, -0.1) is 0 Å². The van der Waals surface area contributed by atoms with Crippen LogP contribution in [0.5, 0.6) is 11.8 Å². The van der Waals surface area contributed by atoms with Crippen molar-refractivity contribution in [3.8, 4) is 11.8 Å². The molecule has 0 bridgehead atoms. The van der Waals surface area contributed by atoms with Crippen LogP contribution in [0.1, 0.15) is 46.6 Å². The Bertz CT molecular complexity index is 571. The van der Waals surface area contributed by atoms with Crippen molar-refractivity contribution in [2.24, 2.45) is 5.41 Å². The van der Waals surface area contributed by atoms with Gasteiger partial charge >= 0.3 is 6.01 Å². The maximum Gasteiger partial charge on any atom is 0.324 e. The number of aromatic nitrogens is 3. The molecule has 0 amide bonds. The average molecular weight is 285 g/mol. The lowest BCUT2D eigenvalue weighted by molar-refractivity contribution is 0.284. The summed E-state index contributed by atoms with van der Waals surface area (Å²) in [6.45, 7) is 11.4. The Balaban J connectivity index is 2.12. The summed E-state index contributed by atoms with van der Waals surface area (Å²) >= 11 is 0. The second-order valence-corrected chi connectivity index (χ2v) is 7.17. The number of benzene rings is 1. The Hall–Kier alpha value is -1.97. The minimum atomic E-state index is 0.129. The van der Waals surface area contributed by atoms with Gasteiger partial charge in [0.15, 0.2) is 0 Å². The molecule has 4 heteroatoms. The molecule has 0 N–H and O–H groups in total. The Morgan fingerprint density at radius 1 is 0.905 bits per heavy atom. The number of rotatable bonds is 4. The molecule has 0 atom stereocenters. The quantitative estimate of drug-likeness (QED) is 0.836. The smallest absolute Gasteiger partial charge is 0.324 e. The van der Waals surface area contributed by atoms with Gasteiger partial charge in [0, 0.05) is 0 Å². The van der Waals surface area contributed by atoms with Crippen LogP contribution in [0.2, 0.25) is 0 Å². The van der Waals surface area contributed by atoms with Crippen molar-refractivity contribution >= 4 is 0 Å². The van der Waals surface area contributed by atoms with E-state index >= 15 is 0 Å². The fourth-order valence-corrected chi connectivity index (χ4v) is 2.79. The Labute approximate surface area is 126 Å². The molecule has 4 nitrogen and oxygen atoms in total. The van der Waals surface area contributed by atoms with Crippen molar-refractivity contribution in [1.82, 2.24) is 15.0 Å². The van der Waals surface area contributed by atoms with Crippen molar-refractivity contribution in [2.75, 3.05) is 0 Å². The molecule has 2 aromatic rings. The molecular formula is C17H23N3O. The molecule has 0 saturated carbocycles. The third-order valence-corrected chi connectivity index (χ3v) is 3.29. The molecular weight excluding hydrogens is 262 g/mol. The molecule has 1 aromatic carbocycles. The van der Waals surface area contributed by atoms with Gasteiger partial charge in [-0.2, -0.15) is 9.97 Å². The Morgan fingerprint density at radius 3 is 2.00 bits per heavy atom. The lowest BCUT2D eigenvalue weighted by atomic mass is 9.72.